The average Bonchev–Trinajstić information content (AvgIpc) is 3.48. The molecular weight excluding hydrogens is 448 g/mol. The molecule has 8 aromatic rings. The van der Waals surface area contributed by atoms with Gasteiger partial charge in [0.15, 0.2) is 0 Å². The summed E-state index contributed by atoms with van der Waals surface area (Å²) in [6.45, 7) is 0. The second kappa shape index (κ2) is 7.81. The van der Waals surface area contributed by atoms with Crippen LogP contribution in [0.5, 0.6) is 0 Å². The first kappa shape index (κ1) is 11.5. The minimum Gasteiger partial charge on any atom is -0.456 e. The van der Waals surface area contributed by atoms with Gasteiger partial charge in [-0.2, -0.15) is 0 Å². The first-order valence-electron chi connectivity index (χ1n) is 18.1. The van der Waals surface area contributed by atoms with Gasteiger partial charge < -0.3 is 4.42 Å². The van der Waals surface area contributed by atoms with Gasteiger partial charge in [0.1, 0.15) is 11.2 Å². The molecule has 172 valence electrons. The number of fused-ring (bicyclic) bond motifs is 6. The Kier molecular flexibility index (Phi) is 2.42. The lowest BCUT2D eigenvalue weighted by molar-refractivity contribution is 0.669. The number of rotatable bonds is 2. The van der Waals surface area contributed by atoms with Crippen molar-refractivity contribution in [3.63, 3.8) is 0 Å². The van der Waals surface area contributed by atoms with Crippen molar-refractivity contribution in [1.82, 2.24) is 0 Å². The van der Waals surface area contributed by atoms with E-state index in [0.717, 1.165) is 10.8 Å². The Morgan fingerprint density at radius 3 is 1.76 bits per heavy atom. The SMILES string of the molecule is [2H]c1c([2H])c([2H])c(-c2c3c([2H])c([2H])c([2H])c([2H])c3c(-c3cccc4oc5cc6ccccc6cc5c34)c3c([2H])c([2H])c([2H])c([2H])c23)c([2H])c1[2H]. The highest BCUT2D eigenvalue weighted by Crippen LogP contribution is 2.47. The Hall–Kier alpha value is -4.88. The van der Waals surface area contributed by atoms with Crippen LogP contribution in [0.1, 0.15) is 17.8 Å². The Labute approximate surface area is 232 Å². The topological polar surface area (TPSA) is 13.1 Å². The van der Waals surface area contributed by atoms with Gasteiger partial charge in [-0.15, -0.1) is 0 Å². The molecule has 0 spiro atoms. The predicted octanol–water partition coefficient (Wildman–Crippen LogP) is 10.4. The van der Waals surface area contributed by atoms with E-state index in [4.69, 9.17) is 19.5 Å². The minimum atomic E-state index is -0.713. The smallest absolute Gasteiger partial charge is 0.136 e. The van der Waals surface area contributed by atoms with Crippen molar-refractivity contribution in [3.8, 4) is 22.3 Å². The molecule has 1 aromatic heterocycles. The van der Waals surface area contributed by atoms with Gasteiger partial charge in [-0.05, 0) is 72.8 Å². The van der Waals surface area contributed by atoms with E-state index in [1.165, 1.54) is 0 Å². The fourth-order valence-corrected chi connectivity index (χ4v) is 5.24. The van der Waals surface area contributed by atoms with E-state index in [9.17, 15) is 2.74 Å². The van der Waals surface area contributed by atoms with Crippen molar-refractivity contribution < 1.29 is 22.2 Å². The van der Waals surface area contributed by atoms with Crippen molar-refractivity contribution in [3.05, 3.63) is 133 Å². The van der Waals surface area contributed by atoms with Gasteiger partial charge in [-0.25, -0.2) is 0 Å². The fraction of sp³-hybridized carbons (Fsp3) is 0. The molecule has 0 saturated heterocycles. The molecule has 0 aliphatic heterocycles. The Bertz CT molecular complexity index is 2750. The largest absolute Gasteiger partial charge is 0.456 e. The second-order valence-corrected chi connectivity index (χ2v) is 8.73. The molecule has 37 heavy (non-hydrogen) atoms. The van der Waals surface area contributed by atoms with E-state index in [1.54, 1.807) is 18.2 Å². The Balaban J connectivity index is 1.73. The van der Waals surface area contributed by atoms with Crippen LogP contribution in [0.25, 0.3) is 76.5 Å². The van der Waals surface area contributed by atoms with Gasteiger partial charge in [0.2, 0.25) is 0 Å². The van der Waals surface area contributed by atoms with Gasteiger partial charge >= 0.3 is 0 Å². The van der Waals surface area contributed by atoms with Crippen LogP contribution in [0.15, 0.2) is 138 Å². The van der Waals surface area contributed by atoms with Crippen molar-refractivity contribution in [1.29, 1.82) is 0 Å². The van der Waals surface area contributed by atoms with E-state index in [2.05, 4.69) is 0 Å². The molecule has 0 unspecified atom stereocenters. The first-order chi connectivity index (χ1) is 23.8. The molecule has 0 saturated carbocycles. The standard InChI is InChI=1S/C36H22O/c1-2-11-23(12-3-1)34-26-15-6-8-17-28(26)35(29-18-9-7-16-27(29)34)30-19-10-20-32-36(30)31-21-24-13-4-5-14-25(24)22-33(31)37-32/h1-22H/i1D,2D,3D,6D,7D,8D,9D,11D,12D,15D,16D,17D,18D. The molecule has 1 heteroatoms. The molecule has 0 atom stereocenters. The van der Waals surface area contributed by atoms with E-state index >= 15 is 0 Å². The molecule has 0 aliphatic carbocycles. The van der Waals surface area contributed by atoms with Crippen LogP contribution in [-0.2, 0) is 0 Å². The van der Waals surface area contributed by atoms with Gasteiger partial charge in [0, 0.05) is 10.8 Å². The molecular formula is C36H22O. The zero-order valence-corrected chi connectivity index (χ0v) is 19.1. The van der Waals surface area contributed by atoms with Crippen LogP contribution in [0.2, 0.25) is 0 Å². The molecule has 1 heterocycles. The van der Waals surface area contributed by atoms with Crippen LogP contribution in [0.4, 0.5) is 0 Å². The van der Waals surface area contributed by atoms with Gasteiger partial charge in [0.05, 0.1) is 17.8 Å². The van der Waals surface area contributed by atoms with Crippen LogP contribution in [0, 0.1) is 0 Å². The summed E-state index contributed by atoms with van der Waals surface area (Å²) >= 11 is 0. The summed E-state index contributed by atoms with van der Waals surface area (Å²) in [6, 6.07) is 8.23. The maximum Gasteiger partial charge on any atom is 0.136 e. The summed E-state index contributed by atoms with van der Waals surface area (Å²) in [5.41, 5.74) is 0.599. The second-order valence-electron chi connectivity index (χ2n) is 8.73. The molecule has 8 rings (SSSR count). The quantitative estimate of drug-likeness (QED) is 0.223. The summed E-state index contributed by atoms with van der Waals surface area (Å²) in [5.74, 6) is 0. The number of benzene rings is 7. The highest BCUT2D eigenvalue weighted by molar-refractivity contribution is 6.26. The lowest BCUT2D eigenvalue weighted by atomic mass is 9.85. The summed E-state index contributed by atoms with van der Waals surface area (Å²) in [7, 11) is 0. The zero-order valence-electron chi connectivity index (χ0n) is 32.1. The van der Waals surface area contributed by atoms with Crippen LogP contribution in [-0.4, -0.2) is 0 Å². The normalized spacial score (nSPS) is 16.7. The minimum absolute atomic E-state index is 0.0616. The van der Waals surface area contributed by atoms with Crippen molar-refractivity contribution >= 4 is 54.3 Å². The van der Waals surface area contributed by atoms with Crippen molar-refractivity contribution in [2.75, 3.05) is 0 Å². The molecule has 1 nitrogen and oxygen atoms in total. The third kappa shape index (κ3) is 2.98. The number of hydrogen-bond acceptors (Lipinski definition) is 1. The Morgan fingerprint density at radius 1 is 0.486 bits per heavy atom. The van der Waals surface area contributed by atoms with Gasteiger partial charge in [0.25, 0.3) is 0 Å². The summed E-state index contributed by atoms with van der Waals surface area (Å²) in [5, 5.41) is 2.22. The summed E-state index contributed by atoms with van der Waals surface area (Å²) < 4.78 is 120. The monoisotopic (exact) mass is 483 g/mol. The van der Waals surface area contributed by atoms with E-state index in [-0.39, 0.29) is 32.7 Å². The third-order valence-electron chi connectivity index (χ3n) is 6.76. The molecule has 0 bridgehead atoms. The van der Waals surface area contributed by atoms with Crippen LogP contribution >= 0.6 is 0 Å². The molecule has 0 N–H and O–H groups in total. The van der Waals surface area contributed by atoms with Crippen molar-refractivity contribution in [2.24, 2.45) is 0 Å². The Morgan fingerprint density at radius 2 is 1.08 bits per heavy atom. The van der Waals surface area contributed by atoms with Crippen LogP contribution < -0.4 is 0 Å². The zero-order chi connectivity index (χ0) is 35.7. The highest BCUT2D eigenvalue weighted by atomic mass is 16.3. The lowest BCUT2D eigenvalue weighted by Crippen LogP contribution is -1.91. The molecule has 0 radical (unpaired) electrons. The van der Waals surface area contributed by atoms with Gasteiger partial charge in [-0.1, -0.05) is 115 Å². The average molecular weight is 484 g/mol. The number of hydrogen-bond donors (Lipinski definition) is 0. The third-order valence-corrected chi connectivity index (χ3v) is 6.76. The molecule has 0 fully saturated rings. The lowest BCUT2D eigenvalue weighted by Gasteiger charge is -2.18. The summed E-state index contributed by atoms with van der Waals surface area (Å²) in [4.78, 5) is 0. The van der Waals surface area contributed by atoms with E-state index in [1.807, 2.05) is 36.4 Å². The summed E-state index contributed by atoms with van der Waals surface area (Å²) in [6.07, 6.45) is 0. The fourth-order valence-electron chi connectivity index (χ4n) is 5.24. The maximum atomic E-state index is 9.23. The molecule has 0 amide bonds. The first-order valence-corrected chi connectivity index (χ1v) is 11.6. The molecule has 7 aromatic carbocycles. The van der Waals surface area contributed by atoms with Crippen LogP contribution in [0.3, 0.4) is 0 Å². The predicted molar refractivity (Wildman–Crippen MR) is 157 cm³/mol. The van der Waals surface area contributed by atoms with E-state index < -0.39 is 84.1 Å². The van der Waals surface area contributed by atoms with E-state index in [0.29, 0.717) is 27.5 Å². The van der Waals surface area contributed by atoms with Gasteiger partial charge in [-0.3, -0.25) is 0 Å². The van der Waals surface area contributed by atoms with Crippen molar-refractivity contribution in [2.45, 2.75) is 0 Å². The number of furan rings is 1. The molecule has 0 aliphatic rings. The maximum absolute atomic E-state index is 9.23. The highest BCUT2D eigenvalue weighted by Gasteiger charge is 2.20.